The van der Waals surface area contributed by atoms with Gasteiger partial charge in [0.1, 0.15) is 0 Å². The Morgan fingerprint density at radius 2 is 2.00 bits per heavy atom. The zero-order valence-electron chi connectivity index (χ0n) is 13.7. The van der Waals surface area contributed by atoms with Gasteiger partial charge >= 0.3 is 0 Å². The van der Waals surface area contributed by atoms with Crippen LogP contribution >= 0.6 is 0 Å². The van der Waals surface area contributed by atoms with Gasteiger partial charge in [-0.2, -0.15) is 5.10 Å². The third-order valence-corrected chi connectivity index (χ3v) is 4.91. The first-order valence-corrected chi connectivity index (χ1v) is 8.40. The van der Waals surface area contributed by atoms with E-state index >= 15 is 0 Å². The smallest absolute Gasteiger partial charge is 0.0640 e. The SMILES string of the molecule is CCCNC(Cc1ccn(C(CC)CC)n1)C1(C)CC1. The molecule has 3 heteroatoms. The Morgan fingerprint density at radius 3 is 2.55 bits per heavy atom. The standard InChI is InChI=1S/C17H31N3/c1-5-11-18-16(17(4)9-10-17)13-14-8-12-20(19-14)15(6-2)7-3/h8,12,15-16,18H,5-7,9-11,13H2,1-4H3. The number of nitrogens with one attached hydrogen (secondary N) is 1. The second-order valence-electron chi connectivity index (χ2n) is 6.62. The van der Waals surface area contributed by atoms with Crippen LogP contribution in [0.4, 0.5) is 0 Å². The molecule has 1 aromatic rings. The third kappa shape index (κ3) is 3.63. The van der Waals surface area contributed by atoms with Crippen LogP contribution in [0, 0.1) is 5.41 Å². The second kappa shape index (κ2) is 6.75. The van der Waals surface area contributed by atoms with E-state index in [1.165, 1.54) is 25.0 Å². The summed E-state index contributed by atoms with van der Waals surface area (Å²) < 4.78 is 2.17. The van der Waals surface area contributed by atoms with Crippen molar-refractivity contribution >= 4 is 0 Å². The van der Waals surface area contributed by atoms with Crippen LogP contribution in [0.3, 0.4) is 0 Å². The van der Waals surface area contributed by atoms with Crippen molar-refractivity contribution in [2.75, 3.05) is 6.54 Å². The van der Waals surface area contributed by atoms with Crippen molar-refractivity contribution in [1.29, 1.82) is 0 Å². The summed E-state index contributed by atoms with van der Waals surface area (Å²) in [6.07, 6.45) is 9.49. The fraction of sp³-hybridized carbons (Fsp3) is 0.824. The molecule has 1 saturated carbocycles. The van der Waals surface area contributed by atoms with Crippen LogP contribution in [-0.2, 0) is 6.42 Å². The molecule has 1 heterocycles. The molecule has 20 heavy (non-hydrogen) atoms. The van der Waals surface area contributed by atoms with Gasteiger partial charge in [-0.05, 0) is 50.1 Å². The normalized spacial score (nSPS) is 18.4. The predicted molar refractivity (Wildman–Crippen MR) is 85.0 cm³/mol. The predicted octanol–water partition coefficient (Wildman–Crippen LogP) is 3.96. The fourth-order valence-electron chi connectivity index (χ4n) is 2.99. The van der Waals surface area contributed by atoms with E-state index in [2.05, 4.69) is 50.0 Å². The van der Waals surface area contributed by atoms with Gasteiger partial charge in [-0.3, -0.25) is 4.68 Å². The Bertz CT molecular complexity index is 402. The summed E-state index contributed by atoms with van der Waals surface area (Å²) in [5.74, 6) is 0. The van der Waals surface area contributed by atoms with Crippen molar-refractivity contribution in [3.05, 3.63) is 18.0 Å². The molecule has 0 radical (unpaired) electrons. The van der Waals surface area contributed by atoms with Gasteiger partial charge in [-0.1, -0.05) is 27.7 Å². The van der Waals surface area contributed by atoms with E-state index in [1.807, 2.05) is 0 Å². The molecule has 0 saturated heterocycles. The monoisotopic (exact) mass is 277 g/mol. The van der Waals surface area contributed by atoms with Crippen LogP contribution in [0.2, 0.25) is 0 Å². The lowest BCUT2D eigenvalue weighted by Gasteiger charge is -2.24. The highest BCUT2D eigenvalue weighted by Gasteiger charge is 2.44. The average molecular weight is 277 g/mol. The molecule has 1 unspecified atom stereocenters. The summed E-state index contributed by atoms with van der Waals surface area (Å²) in [5, 5.41) is 8.56. The molecule has 0 spiro atoms. The molecule has 0 aromatic carbocycles. The van der Waals surface area contributed by atoms with Crippen molar-refractivity contribution in [2.24, 2.45) is 5.41 Å². The Hall–Kier alpha value is -0.830. The van der Waals surface area contributed by atoms with Crippen molar-refractivity contribution in [1.82, 2.24) is 15.1 Å². The summed E-state index contributed by atoms with van der Waals surface area (Å²) in [6.45, 7) is 10.3. The molecule has 2 rings (SSSR count). The van der Waals surface area contributed by atoms with E-state index in [9.17, 15) is 0 Å². The Morgan fingerprint density at radius 1 is 1.30 bits per heavy atom. The third-order valence-electron chi connectivity index (χ3n) is 4.91. The lowest BCUT2D eigenvalue weighted by atomic mass is 9.94. The van der Waals surface area contributed by atoms with Crippen molar-refractivity contribution in [3.63, 3.8) is 0 Å². The maximum atomic E-state index is 4.82. The van der Waals surface area contributed by atoms with Gasteiger partial charge in [0.05, 0.1) is 11.7 Å². The van der Waals surface area contributed by atoms with Crippen LogP contribution in [0.15, 0.2) is 12.3 Å². The van der Waals surface area contributed by atoms with E-state index in [0.29, 0.717) is 17.5 Å². The highest BCUT2D eigenvalue weighted by molar-refractivity contribution is 5.08. The Kier molecular flexibility index (Phi) is 5.25. The van der Waals surface area contributed by atoms with Crippen molar-refractivity contribution in [3.8, 4) is 0 Å². The van der Waals surface area contributed by atoms with E-state index in [4.69, 9.17) is 5.10 Å². The minimum Gasteiger partial charge on any atom is -0.313 e. The van der Waals surface area contributed by atoms with E-state index in [-0.39, 0.29) is 0 Å². The largest absolute Gasteiger partial charge is 0.313 e. The number of hydrogen-bond donors (Lipinski definition) is 1. The van der Waals surface area contributed by atoms with Crippen LogP contribution in [0.25, 0.3) is 0 Å². The molecule has 1 aliphatic rings. The van der Waals surface area contributed by atoms with Gasteiger partial charge in [0.15, 0.2) is 0 Å². The summed E-state index contributed by atoms with van der Waals surface area (Å²) in [6, 6.07) is 3.36. The van der Waals surface area contributed by atoms with Crippen molar-refractivity contribution < 1.29 is 0 Å². The molecule has 0 bridgehead atoms. The topological polar surface area (TPSA) is 29.9 Å². The first-order chi connectivity index (χ1) is 9.62. The van der Waals surface area contributed by atoms with Crippen LogP contribution in [0.5, 0.6) is 0 Å². The average Bonchev–Trinajstić information content (AvgIpc) is 3.03. The summed E-state index contributed by atoms with van der Waals surface area (Å²) in [4.78, 5) is 0. The first-order valence-electron chi connectivity index (χ1n) is 8.40. The molecule has 1 fully saturated rings. The number of rotatable bonds is 9. The molecule has 1 atom stereocenters. The Balaban J connectivity index is 1.99. The molecule has 1 aromatic heterocycles. The maximum absolute atomic E-state index is 4.82. The second-order valence-corrected chi connectivity index (χ2v) is 6.62. The number of aromatic nitrogens is 2. The van der Waals surface area contributed by atoms with E-state index < -0.39 is 0 Å². The molecule has 114 valence electrons. The van der Waals surface area contributed by atoms with E-state index in [1.54, 1.807) is 0 Å². The molecule has 1 N–H and O–H groups in total. The van der Waals surface area contributed by atoms with Crippen LogP contribution < -0.4 is 5.32 Å². The van der Waals surface area contributed by atoms with Crippen LogP contribution in [-0.4, -0.2) is 22.4 Å². The molecule has 0 amide bonds. The lowest BCUT2D eigenvalue weighted by molar-refractivity contribution is 0.348. The molecular formula is C17H31N3. The van der Waals surface area contributed by atoms with Gasteiger partial charge in [0, 0.05) is 18.7 Å². The minimum absolute atomic E-state index is 0.508. The zero-order chi connectivity index (χ0) is 14.6. The Labute approximate surface area is 124 Å². The number of hydrogen-bond acceptors (Lipinski definition) is 2. The highest BCUT2D eigenvalue weighted by Crippen LogP contribution is 2.48. The number of nitrogens with zero attached hydrogens (tertiary/aromatic N) is 2. The molecule has 3 nitrogen and oxygen atoms in total. The summed E-state index contributed by atoms with van der Waals surface area (Å²) in [5.41, 5.74) is 1.76. The zero-order valence-corrected chi connectivity index (χ0v) is 13.7. The van der Waals surface area contributed by atoms with Gasteiger partial charge in [0.25, 0.3) is 0 Å². The quantitative estimate of drug-likeness (QED) is 0.740. The summed E-state index contributed by atoms with van der Waals surface area (Å²) >= 11 is 0. The summed E-state index contributed by atoms with van der Waals surface area (Å²) in [7, 11) is 0. The maximum Gasteiger partial charge on any atom is 0.0640 e. The van der Waals surface area contributed by atoms with Gasteiger partial charge < -0.3 is 5.32 Å². The van der Waals surface area contributed by atoms with Crippen LogP contribution in [0.1, 0.15) is 71.5 Å². The van der Waals surface area contributed by atoms with Gasteiger partial charge in [-0.15, -0.1) is 0 Å². The minimum atomic E-state index is 0.508. The molecule has 1 aliphatic carbocycles. The lowest BCUT2D eigenvalue weighted by Crippen LogP contribution is -2.38. The fourth-order valence-corrected chi connectivity index (χ4v) is 2.99. The van der Waals surface area contributed by atoms with E-state index in [0.717, 1.165) is 25.8 Å². The van der Waals surface area contributed by atoms with Crippen molar-refractivity contribution in [2.45, 2.75) is 78.3 Å². The molecular weight excluding hydrogens is 246 g/mol. The first kappa shape index (κ1) is 15.6. The highest BCUT2D eigenvalue weighted by atomic mass is 15.3. The van der Waals surface area contributed by atoms with Gasteiger partial charge in [-0.25, -0.2) is 0 Å². The van der Waals surface area contributed by atoms with Gasteiger partial charge in [0.2, 0.25) is 0 Å². The molecule has 0 aliphatic heterocycles.